The van der Waals surface area contributed by atoms with Gasteiger partial charge in [0, 0.05) is 26.0 Å². The van der Waals surface area contributed by atoms with Crippen LogP contribution in [0.1, 0.15) is 18.4 Å². The summed E-state index contributed by atoms with van der Waals surface area (Å²) >= 11 is 0. The molecule has 2 N–H and O–H groups in total. The number of carboxylic acids is 1. The maximum absolute atomic E-state index is 11.1. The van der Waals surface area contributed by atoms with E-state index in [1.165, 1.54) is 7.11 Å². The van der Waals surface area contributed by atoms with Gasteiger partial charge in [-0.15, -0.1) is 0 Å². The van der Waals surface area contributed by atoms with Gasteiger partial charge in [0.05, 0.1) is 10.5 Å². The van der Waals surface area contributed by atoms with E-state index in [0.29, 0.717) is 13.0 Å². The molecule has 0 fully saturated rings. The fourth-order valence-corrected chi connectivity index (χ4v) is 1.62. The number of nitro groups is 1. The summed E-state index contributed by atoms with van der Waals surface area (Å²) in [5, 5.41) is 31.3. The lowest BCUT2D eigenvalue weighted by Gasteiger charge is -2.14. The van der Waals surface area contributed by atoms with Crippen molar-refractivity contribution in [1.82, 2.24) is 4.98 Å². The van der Waals surface area contributed by atoms with Gasteiger partial charge in [-0.25, -0.2) is 9.78 Å². The quantitative estimate of drug-likeness (QED) is 0.413. The highest BCUT2D eigenvalue weighted by molar-refractivity contribution is 5.78. The minimum atomic E-state index is -1.15. The Morgan fingerprint density at radius 3 is 2.95 bits per heavy atom. The van der Waals surface area contributed by atoms with Gasteiger partial charge in [-0.1, -0.05) is 0 Å². The zero-order valence-corrected chi connectivity index (χ0v) is 11.3. The lowest BCUT2D eigenvalue weighted by molar-refractivity contribution is -0.384. The van der Waals surface area contributed by atoms with Crippen LogP contribution in [0.5, 0.6) is 0 Å². The fraction of sp³-hybridized carbons (Fsp3) is 0.417. The average Bonchev–Trinajstić information content (AvgIpc) is 2.46. The topological polar surface area (TPSA) is 138 Å². The van der Waals surface area contributed by atoms with Crippen LogP contribution < -0.4 is 5.32 Å². The van der Waals surface area contributed by atoms with Gasteiger partial charge in [-0.05, 0) is 12.8 Å². The summed E-state index contributed by atoms with van der Waals surface area (Å²) in [6.45, 7) is 0.383. The van der Waals surface area contributed by atoms with Crippen molar-refractivity contribution in [3.63, 3.8) is 0 Å². The Bertz CT molecular complexity index is 569. The number of anilines is 1. The number of hydrogen-bond acceptors (Lipinski definition) is 7. The van der Waals surface area contributed by atoms with E-state index in [4.69, 9.17) is 15.1 Å². The number of nitriles is 1. The number of nitrogens with zero attached hydrogens (tertiary/aromatic N) is 3. The molecule has 0 aliphatic rings. The van der Waals surface area contributed by atoms with Gasteiger partial charge in [0.2, 0.25) is 5.82 Å². The predicted molar refractivity (Wildman–Crippen MR) is 71.8 cm³/mol. The molecule has 0 saturated carbocycles. The molecule has 0 aromatic carbocycles. The molecule has 1 unspecified atom stereocenters. The van der Waals surface area contributed by atoms with E-state index in [2.05, 4.69) is 10.3 Å². The van der Waals surface area contributed by atoms with E-state index in [0.717, 1.165) is 12.3 Å². The van der Waals surface area contributed by atoms with Crippen LogP contribution in [0.25, 0.3) is 0 Å². The first-order valence-corrected chi connectivity index (χ1v) is 6.02. The minimum absolute atomic E-state index is 0.0264. The molecule has 9 nitrogen and oxygen atoms in total. The van der Waals surface area contributed by atoms with Crippen molar-refractivity contribution in [3.8, 4) is 6.07 Å². The molecule has 1 atom stereocenters. The molecule has 1 aromatic rings. The highest BCUT2D eigenvalue weighted by Crippen LogP contribution is 2.23. The third-order valence-corrected chi connectivity index (χ3v) is 2.64. The second-order valence-electron chi connectivity index (χ2n) is 4.13. The van der Waals surface area contributed by atoms with Gasteiger partial charge in [-0.3, -0.25) is 10.1 Å². The van der Waals surface area contributed by atoms with Crippen LogP contribution in [0.3, 0.4) is 0 Å². The second kappa shape index (κ2) is 7.76. The van der Waals surface area contributed by atoms with Crippen LogP contribution in [0.4, 0.5) is 11.5 Å². The molecule has 112 valence electrons. The molecule has 1 rings (SSSR count). The van der Waals surface area contributed by atoms with Crippen LogP contribution in [0, 0.1) is 21.4 Å². The Morgan fingerprint density at radius 2 is 2.43 bits per heavy atom. The molecule has 0 aliphatic carbocycles. The Labute approximate surface area is 120 Å². The van der Waals surface area contributed by atoms with Gasteiger partial charge >= 0.3 is 11.7 Å². The summed E-state index contributed by atoms with van der Waals surface area (Å²) < 4.78 is 4.83. The zero-order chi connectivity index (χ0) is 15.8. The molecule has 0 radical (unpaired) electrons. The standard InChI is InChI=1S/C12H14N4O5/c1-21-4-2-3-9(12(17)18)15-11-10(16(19)20)5-8(6-13)7-14-11/h5,7,9H,2-4H2,1H3,(H,14,15)(H,17,18). The zero-order valence-electron chi connectivity index (χ0n) is 11.3. The molecule has 0 amide bonds. The molecule has 9 heteroatoms. The normalized spacial score (nSPS) is 11.4. The average molecular weight is 294 g/mol. The molecular weight excluding hydrogens is 280 g/mol. The Kier molecular flexibility index (Phi) is 6.03. The molecule has 0 aliphatic heterocycles. The molecular formula is C12H14N4O5. The molecule has 21 heavy (non-hydrogen) atoms. The van der Waals surface area contributed by atoms with Crippen molar-refractivity contribution >= 4 is 17.5 Å². The summed E-state index contributed by atoms with van der Waals surface area (Å²) in [7, 11) is 1.50. The van der Waals surface area contributed by atoms with Crippen LogP contribution in [-0.4, -0.2) is 40.7 Å². The van der Waals surface area contributed by atoms with Crippen LogP contribution in [-0.2, 0) is 9.53 Å². The highest BCUT2D eigenvalue weighted by atomic mass is 16.6. The van der Waals surface area contributed by atoms with Crippen LogP contribution >= 0.6 is 0 Å². The summed E-state index contributed by atoms with van der Waals surface area (Å²) in [5.74, 6) is -1.32. The van der Waals surface area contributed by atoms with E-state index in [1.807, 2.05) is 0 Å². The molecule has 1 heterocycles. The maximum Gasteiger partial charge on any atom is 0.326 e. The summed E-state index contributed by atoms with van der Waals surface area (Å²) in [4.78, 5) is 25.1. The van der Waals surface area contributed by atoms with Gasteiger partial charge in [-0.2, -0.15) is 5.26 Å². The van der Waals surface area contributed by atoms with E-state index in [-0.39, 0.29) is 17.8 Å². The Balaban J connectivity index is 2.95. The summed E-state index contributed by atoms with van der Waals surface area (Å²) in [6, 6.07) is 1.76. The number of nitrogens with one attached hydrogen (secondary N) is 1. The minimum Gasteiger partial charge on any atom is -0.480 e. The van der Waals surface area contributed by atoms with E-state index in [9.17, 15) is 14.9 Å². The first-order chi connectivity index (χ1) is 9.99. The highest BCUT2D eigenvalue weighted by Gasteiger charge is 2.23. The van der Waals surface area contributed by atoms with Crippen molar-refractivity contribution in [2.24, 2.45) is 0 Å². The molecule has 0 spiro atoms. The number of carboxylic acid groups (broad SMARTS) is 1. The van der Waals surface area contributed by atoms with E-state index >= 15 is 0 Å². The number of aliphatic carboxylic acids is 1. The SMILES string of the molecule is COCCCC(Nc1ncc(C#N)cc1[N+](=O)[O-])C(=O)O. The summed E-state index contributed by atoms with van der Waals surface area (Å²) in [6.07, 6.45) is 1.84. The molecule has 0 saturated heterocycles. The van der Waals surface area contributed by atoms with Crippen molar-refractivity contribution in [2.45, 2.75) is 18.9 Å². The summed E-state index contributed by atoms with van der Waals surface area (Å²) in [5.41, 5.74) is -0.412. The van der Waals surface area contributed by atoms with Crippen molar-refractivity contribution in [2.75, 3.05) is 19.0 Å². The van der Waals surface area contributed by atoms with Crippen LogP contribution in [0.15, 0.2) is 12.3 Å². The smallest absolute Gasteiger partial charge is 0.326 e. The third-order valence-electron chi connectivity index (χ3n) is 2.64. The van der Waals surface area contributed by atoms with Gasteiger partial charge in [0.25, 0.3) is 0 Å². The lowest BCUT2D eigenvalue weighted by Crippen LogP contribution is -2.30. The number of rotatable bonds is 8. The number of aromatic nitrogens is 1. The largest absolute Gasteiger partial charge is 0.480 e. The number of pyridine rings is 1. The van der Waals surface area contributed by atoms with Crippen molar-refractivity contribution in [1.29, 1.82) is 5.26 Å². The van der Waals surface area contributed by atoms with Crippen LogP contribution in [0.2, 0.25) is 0 Å². The van der Waals surface area contributed by atoms with Gasteiger partial charge in [0.15, 0.2) is 0 Å². The predicted octanol–water partition coefficient (Wildman–Crippen LogP) is 1.15. The first kappa shape index (κ1) is 16.3. The van der Waals surface area contributed by atoms with Crippen molar-refractivity contribution < 1.29 is 19.6 Å². The first-order valence-electron chi connectivity index (χ1n) is 6.02. The van der Waals surface area contributed by atoms with Crippen molar-refractivity contribution in [3.05, 3.63) is 27.9 Å². The number of carbonyl (C=O) groups is 1. The Hall–Kier alpha value is -2.73. The monoisotopic (exact) mass is 294 g/mol. The van der Waals surface area contributed by atoms with E-state index in [1.54, 1.807) is 6.07 Å². The molecule has 0 bridgehead atoms. The number of hydrogen-bond donors (Lipinski definition) is 2. The Morgan fingerprint density at radius 1 is 1.71 bits per heavy atom. The number of ether oxygens (including phenoxy) is 1. The van der Waals surface area contributed by atoms with Gasteiger partial charge < -0.3 is 15.2 Å². The van der Waals surface area contributed by atoms with E-state index < -0.39 is 22.6 Å². The maximum atomic E-state index is 11.1. The lowest BCUT2D eigenvalue weighted by atomic mass is 10.1. The second-order valence-corrected chi connectivity index (χ2v) is 4.13. The third kappa shape index (κ3) is 4.70. The van der Waals surface area contributed by atoms with Gasteiger partial charge in [0.1, 0.15) is 12.1 Å². The fourth-order valence-electron chi connectivity index (χ4n) is 1.62. The molecule has 1 aromatic heterocycles. The number of methoxy groups -OCH3 is 1.